The van der Waals surface area contributed by atoms with Crippen LogP contribution in [0.5, 0.6) is 0 Å². The minimum atomic E-state index is 0.148. The number of rotatable bonds is 5. The number of carbonyl (C=O) groups excluding carboxylic acids is 1. The molecule has 3 rings (SSSR count). The van der Waals surface area contributed by atoms with Crippen LogP contribution < -0.4 is 10.6 Å². The van der Waals surface area contributed by atoms with Crippen molar-refractivity contribution in [2.24, 2.45) is 4.99 Å². The summed E-state index contributed by atoms with van der Waals surface area (Å²) in [6, 6.07) is 16.2. The Hall–Kier alpha value is -2.82. The van der Waals surface area contributed by atoms with Crippen LogP contribution in [0.2, 0.25) is 0 Å². The molecule has 0 atom stereocenters. The fraction of sp³-hybridized carbons (Fsp3) is 0.391. The first-order valence-corrected chi connectivity index (χ1v) is 10.0. The molecule has 1 heterocycles. The van der Waals surface area contributed by atoms with Crippen molar-refractivity contribution >= 4 is 11.9 Å². The highest BCUT2D eigenvalue weighted by Gasteiger charge is 2.17. The van der Waals surface area contributed by atoms with Gasteiger partial charge in [0.05, 0.1) is 0 Å². The average molecular weight is 379 g/mol. The van der Waals surface area contributed by atoms with E-state index in [1.165, 1.54) is 17.5 Å². The van der Waals surface area contributed by atoms with Gasteiger partial charge in [0, 0.05) is 38.8 Å². The van der Waals surface area contributed by atoms with Gasteiger partial charge in [0.2, 0.25) is 0 Å². The minimum Gasteiger partial charge on any atom is -0.352 e. The van der Waals surface area contributed by atoms with Crippen molar-refractivity contribution in [1.82, 2.24) is 15.5 Å². The van der Waals surface area contributed by atoms with Gasteiger partial charge in [-0.15, -0.1) is 0 Å². The molecule has 0 aromatic heterocycles. The summed E-state index contributed by atoms with van der Waals surface area (Å²) in [6.07, 6.45) is 3.46. The zero-order valence-corrected chi connectivity index (χ0v) is 16.9. The van der Waals surface area contributed by atoms with Gasteiger partial charge in [-0.3, -0.25) is 9.79 Å². The molecule has 1 aliphatic rings. The van der Waals surface area contributed by atoms with Crippen molar-refractivity contribution in [3.8, 4) is 0 Å². The average Bonchev–Trinajstić information content (AvgIpc) is 2.75. The second-order valence-corrected chi connectivity index (χ2v) is 7.26. The Kier molecular flexibility index (Phi) is 7.06. The Bertz CT molecular complexity index is 808. The predicted molar refractivity (Wildman–Crippen MR) is 114 cm³/mol. The number of aliphatic imine (C=N–C) groups is 1. The van der Waals surface area contributed by atoms with Crippen LogP contribution in [0.3, 0.4) is 0 Å². The predicted octanol–water partition coefficient (Wildman–Crippen LogP) is 3.49. The number of amides is 1. The van der Waals surface area contributed by atoms with E-state index >= 15 is 0 Å². The quantitative estimate of drug-likeness (QED) is 0.619. The van der Waals surface area contributed by atoms with Gasteiger partial charge >= 0.3 is 0 Å². The summed E-state index contributed by atoms with van der Waals surface area (Å²) in [7, 11) is 1.77. The summed E-state index contributed by atoms with van der Waals surface area (Å²) in [5.41, 5.74) is 4.41. The molecule has 0 unspecified atom stereocenters. The first-order valence-electron chi connectivity index (χ1n) is 10.0. The van der Waals surface area contributed by atoms with Crippen LogP contribution in [0, 0.1) is 6.92 Å². The molecule has 5 heteroatoms. The third-order valence-corrected chi connectivity index (χ3v) is 5.24. The summed E-state index contributed by atoms with van der Waals surface area (Å²) in [4.78, 5) is 18.8. The molecule has 28 heavy (non-hydrogen) atoms. The Morgan fingerprint density at radius 1 is 0.964 bits per heavy atom. The van der Waals surface area contributed by atoms with Gasteiger partial charge in [0.15, 0.2) is 5.96 Å². The number of nitrogens with zero attached hydrogens (tertiary/aromatic N) is 2. The second-order valence-electron chi connectivity index (χ2n) is 7.26. The summed E-state index contributed by atoms with van der Waals surface area (Å²) < 4.78 is 0. The van der Waals surface area contributed by atoms with E-state index in [-0.39, 0.29) is 5.91 Å². The third kappa shape index (κ3) is 5.35. The zero-order chi connectivity index (χ0) is 19.8. The molecule has 0 aliphatic carbocycles. The van der Waals surface area contributed by atoms with Crippen molar-refractivity contribution < 1.29 is 4.79 Å². The van der Waals surface area contributed by atoms with Crippen LogP contribution in [-0.4, -0.2) is 36.9 Å². The molecule has 1 fully saturated rings. The molecule has 0 bridgehead atoms. The van der Waals surface area contributed by atoms with Gasteiger partial charge < -0.3 is 15.5 Å². The fourth-order valence-electron chi connectivity index (χ4n) is 3.44. The maximum Gasteiger partial charge on any atom is 0.253 e. The smallest absolute Gasteiger partial charge is 0.253 e. The first-order chi connectivity index (χ1) is 13.7. The van der Waals surface area contributed by atoms with Crippen molar-refractivity contribution in [2.75, 3.05) is 20.1 Å². The van der Waals surface area contributed by atoms with Crippen molar-refractivity contribution in [3.63, 3.8) is 0 Å². The van der Waals surface area contributed by atoms with Gasteiger partial charge in [-0.1, -0.05) is 36.4 Å². The highest BCUT2D eigenvalue weighted by atomic mass is 16.2. The number of benzene rings is 2. The number of nitrogens with one attached hydrogen (secondary N) is 2. The van der Waals surface area contributed by atoms with Crippen molar-refractivity contribution in [1.29, 1.82) is 0 Å². The molecule has 1 aliphatic heterocycles. The summed E-state index contributed by atoms with van der Waals surface area (Å²) >= 11 is 0. The van der Waals surface area contributed by atoms with Crippen LogP contribution in [-0.2, 0) is 13.1 Å². The van der Waals surface area contributed by atoms with Crippen LogP contribution in [0.4, 0.5) is 0 Å². The van der Waals surface area contributed by atoms with E-state index in [1.807, 2.05) is 41.3 Å². The lowest BCUT2D eigenvalue weighted by atomic mass is 10.1. The molecule has 2 aromatic rings. The third-order valence-electron chi connectivity index (χ3n) is 5.24. The molecule has 2 aromatic carbocycles. The molecule has 1 amide bonds. The molecule has 5 nitrogen and oxygen atoms in total. The zero-order valence-electron chi connectivity index (χ0n) is 16.9. The van der Waals surface area contributed by atoms with Crippen LogP contribution in [0.1, 0.15) is 46.3 Å². The molecule has 0 saturated carbocycles. The number of likely N-dealkylation sites (tertiary alicyclic amines) is 1. The van der Waals surface area contributed by atoms with Gasteiger partial charge in [-0.2, -0.15) is 0 Å². The van der Waals surface area contributed by atoms with E-state index < -0.39 is 0 Å². The fourth-order valence-corrected chi connectivity index (χ4v) is 3.44. The number of aryl methyl sites for hydroxylation is 1. The largest absolute Gasteiger partial charge is 0.352 e. The number of piperidine rings is 1. The maximum atomic E-state index is 12.6. The lowest BCUT2D eigenvalue weighted by Crippen LogP contribution is -2.36. The van der Waals surface area contributed by atoms with E-state index in [2.05, 4.69) is 34.7 Å². The molecule has 0 spiro atoms. The van der Waals surface area contributed by atoms with E-state index in [1.54, 1.807) is 7.05 Å². The summed E-state index contributed by atoms with van der Waals surface area (Å²) in [6.45, 7) is 5.26. The topological polar surface area (TPSA) is 56.7 Å². The Morgan fingerprint density at radius 3 is 2.32 bits per heavy atom. The molecule has 0 radical (unpaired) electrons. The maximum absolute atomic E-state index is 12.6. The monoisotopic (exact) mass is 378 g/mol. The summed E-state index contributed by atoms with van der Waals surface area (Å²) in [5, 5.41) is 6.68. The lowest BCUT2D eigenvalue weighted by Gasteiger charge is -2.26. The van der Waals surface area contributed by atoms with Crippen LogP contribution in [0.25, 0.3) is 0 Å². The standard InChI is InChI=1S/C23H30N4O/c1-18-8-4-5-9-21(18)17-26-23(24-2)25-16-19-10-12-20(13-11-19)22(28)27-14-6-3-7-15-27/h4-5,8-13H,3,6-7,14-17H2,1-2H3,(H2,24,25,26). The summed E-state index contributed by atoms with van der Waals surface area (Å²) in [5.74, 6) is 0.909. The number of carbonyl (C=O) groups is 1. The van der Waals surface area contributed by atoms with Gasteiger partial charge in [-0.25, -0.2) is 0 Å². The number of guanidine groups is 1. The van der Waals surface area contributed by atoms with E-state index in [0.717, 1.165) is 49.6 Å². The van der Waals surface area contributed by atoms with Gasteiger partial charge in [-0.05, 0) is 55.0 Å². The van der Waals surface area contributed by atoms with Crippen molar-refractivity contribution in [3.05, 3.63) is 70.8 Å². The molecule has 1 saturated heterocycles. The molecule has 148 valence electrons. The van der Waals surface area contributed by atoms with E-state index in [4.69, 9.17) is 0 Å². The first kappa shape index (κ1) is 19.9. The Labute approximate surface area is 167 Å². The lowest BCUT2D eigenvalue weighted by molar-refractivity contribution is 0.0724. The highest BCUT2D eigenvalue weighted by molar-refractivity contribution is 5.94. The van der Waals surface area contributed by atoms with Gasteiger partial charge in [0.1, 0.15) is 0 Å². The van der Waals surface area contributed by atoms with E-state index in [9.17, 15) is 4.79 Å². The number of hydrogen-bond donors (Lipinski definition) is 2. The Balaban J connectivity index is 1.50. The second kappa shape index (κ2) is 9.93. The van der Waals surface area contributed by atoms with E-state index in [0.29, 0.717) is 6.54 Å². The molecule has 2 N–H and O–H groups in total. The van der Waals surface area contributed by atoms with Crippen molar-refractivity contribution in [2.45, 2.75) is 39.3 Å². The Morgan fingerprint density at radius 2 is 1.64 bits per heavy atom. The number of hydrogen-bond acceptors (Lipinski definition) is 2. The SMILES string of the molecule is CN=C(NCc1ccc(C(=O)N2CCCCC2)cc1)NCc1ccccc1C. The normalized spacial score (nSPS) is 14.6. The van der Waals surface area contributed by atoms with Gasteiger partial charge in [0.25, 0.3) is 5.91 Å². The van der Waals surface area contributed by atoms with Crippen LogP contribution in [0.15, 0.2) is 53.5 Å². The highest BCUT2D eigenvalue weighted by Crippen LogP contribution is 2.14. The molecular formula is C23H30N4O. The molecular weight excluding hydrogens is 348 g/mol. The minimum absolute atomic E-state index is 0.148. The van der Waals surface area contributed by atoms with Crippen LogP contribution >= 0.6 is 0 Å².